The molecule has 6 atom stereocenters. The average molecular weight is 739 g/mol. The molecule has 2 aliphatic carbocycles. The van der Waals surface area contributed by atoms with E-state index in [1.165, 1.54) is 9.80 Å². The first-order chi connectivity index (χ1) is 26.7. The number of fused-ring (bicyclic) bond motifs is 4. The molecule has 3 fully saturated rings. The second-order valence-electron chi connectivity index (χ2n) is 14.7. The lowest BCUT2D eigenvalue weighted by atomic mass is 9.51. The van der Waals surface area contributed by atoms with E-state index in [2.05, 4.69) is 0 Å². The molecule has 2 aliphatic heterocycles. The Morgan fingerprint density at radius 3 is 2.22 bits per heavy atom. The number of hydrogen-bond acceptors (Lipinski definition) is 8. The van der Waals surface area contributed by atoms with E-state index in [9.17, 15) is 24.3 Å². The van der Waals surface area contributed by atoms with Gasteiger partial charge in [-0.1, -0.05) is 72.3 Å². The summed E-state index contributed by atoms with van der Waals surface area (Å²) in [5.41, 5.74) is 3.03. The van der Waals surface area contributed by atoms with Gasteiger partial charge >= 0.3 is 0 Å². The van der Waals surface area contributed by atoms with Crippen LogP contribution >= 0.6 is 0 Å². The van der Waals surface area contributed by atoms with E-state index in [-0.39, 0.29) is 43.3 Å². The predicted octanol–water partition coefficient (Wildman–Crippen LogP) is 6.68. The van der Waals surface area contributed by atoms with Crippen LogP contribution in [0, 0.1) is 29.1 Å². The molecule has 280 valence electrons. The molecular formula is C45H42N2O8. The van der Waals surface area contributed by atoms with Crippen LogP contribution < -0.4 is 24.0 Å². The molecule has 8 rings (SSSR count). The lowest BCUT2D eigenvalue weighted by molar-refractivity contribution is -0.131. The fourth-order valence-corrected chi connectivity index (χ4v) is 9.33. The lowest BCUT2D eigenvalue weighted by Gasteiger charge is -2.49. The molecule has 55 heavy (non-hydrogen) atoms. The summed E-state index contributed by atoms with van der Waals surface area (Å²) in [7, 11) is 3.21. The minimum absolute atomic E-state index is 0.0474. The van der Waals surface area contributed by atoms with Gasteiger partial charge in [-0.2, -0.15) is 0 Å². The van der Waals surface area contributed by atoms with Crippen molar-refractivity contribution in [1.29, 1.82) is 0 Å². The van der Waals surface area contributed by atoms with Crippen LogP contribution in [0.3, 0.4) is 0 Å². The van der Waals surface area contributed by atoms with Crippen molar-refractivity contribution in [3.63, 3.8) is 0 Å². The van der Waals surface area contributed by atoms with E-state index in [1.807, 2.05) is 79.7 Å². The summed E-state index contributed by atoms with van der Waals surface area (Å²) in [6.45, 7) is 1.70. The first kappa shape index (κ1) is 36.0. The van der Waals surface area contributed by atoms with Gasteiger partial charge in [-0.15, -0.1) is 0 Å². The summed E-state index contributed by atoms with van der Waals surface area (Å²) in [5.74, 6) is -2.49. The molecule has 2 heterocycles. The molecule has 10 heteroatoms. The number of amides is 4. The number of methoxy groups -OCH3 is 2. The molecular weight excluding hydrogens is 697 g/mol. The van der Waals surface area contributed by atoms with E-state index in [0.29, 0.717) is 40.6 Å². The Hall–Kier alpha value is -6.00. The van der Waals surface area contributed by atoms with E-state index < -0.39 is 35.0 Å². The molecule has 0 bridgehead atoms. The number of aliphatic hydroxyl groups is 1. The number of carbonyl (C=O) groups is 4. The first-order valence-electron chi connectivity index (χ1n) is 18.5. The van der Waals surface area contributed by atoms with Crippen LogP contribution in [-0.2, 0) is 19.2 Å². The van der Waals surface area contributed by atoms with Crippen LogP contribution in [0.5, 0.6) is 17.2 Å². The SMILES string of the molecule is COc1ccc(OC)c(C=Cc2ccc(N3C(=O)[C@H]4[C@H](CC=C5[C@H]4C[C@H]4C(=O)N(c6ccccc6)C(=O)[C@@]4(C)[C@H]5c4ccccc4OCCO)C3=O)cc2)c1. The first-order valence-corrected chi connectivity index (χ1v) is 18.5. The number of aliphatic hydroxyl groups excluding tert-OH is 1. The third-order valence-corrected chi connectivity index (χ3v) is 11.9. The summed E-state index contributed by atoms with van der Waals surface area (Å²) in [4.78, 5) is 60.6. The van der Waals surface area contributed by atoms with Gasteiger partial charge in [-0.3, -0.25) is 24.1 Å². The van der Waals surface area contributed by atoms with E-state index in [4.69, 9.17) is 14.2 Å². The molecule has 0 unspecified atom stereocenters. The van der Waals surface area contributed by atoms with Crippen LogP contribution in [0.25, 0.3) is 12.2 Å². The fourth-order valence-electron chi connectivity index (χ4n) is 9.33. The van der Waals surface area contributed by atoms with Crippen LogP contribution in [0.15, 0.2) is 109 Å². The van der Waals surface area contributed by atoms with Gasteiger partial charge in [0.05, 0.1) is 55.4 Å². The zero-order valence-electron chi connectivity index (χ0n) is 30.9. The van der Waals surface area contributed by atoms with Crippen molar-refractivity contribution >= 4 is 47.2 Å². The molecule has 1 saturated carbocycles. The van der Waals surface area contributed by atoms with Crippen molar-refractivity contribution in [3.05, 3.63) is 125 Å². The molecule has 2 saturated heterocycles. The third-order valence-electron chi connectivity index (χ3n) is 11.9. The topological polar surface area (TPSA) is 123 Å². The highest BCUT2D eigenvalue weighted by Crippen LogP contribution is 2.64. The number of benzene rings is 4. The van der Waals surface area contributed by atoms with Crippen LogP contribution in [0.1, 0.15) is 42.4 Å². The second kappa shape index (κ2) is 14.3. The monoisotopic (exact) mass is 738 g/mol. The van der Waals surface area contributed by atoms with Gasteiger partial charge in [0.1, 0.15) is 23.9 Å². The number of hydrogen-bond donors (Lipinski definition) is 1. The summed E-state index contributed by atoms with van der Waals surface area (Å²) >= 11 is 0. The average Bonchev–Trinajstić information content (AvgIpc) is 3.58. The van der Waals surface area contributed by atoms with Crippen molar-refractivity contribution in [2.24, 2.45) is 29.1 Å². The Balaban J connectivity index is 1.14. The molecule has 10 nitrogen and oxygen atoms in total. The third kappa shape index (κ3) is 5.83. The van der Waals surface area contributed by atoms with Crippen LogP contribution in [0.2, 0.25) is 0 Å². The van der Waals surface area contributed by atoms with E-state index >= 15 is 0 Å². The number of anilines is 2. The number of allylic oxidation sites excluding steroid dienone is 2. The molecule has 4 aromatic carbocycles. The Morgan fingerprint density at radius 2 is 1.49 bits per heavy atom. The maximum absolute atomic E-state index is 14.7. The molecule has 0 aromatic heterocycles. The largest absolute Gasteiger partial charge is 0.497 e. The number of nitrogens with zero attached hydrogens (tertiary/aromatic N) is 2. The van der Waals surface area contributed by atoms with Gasteiger partial charge in [-0.05, 0) is 79.8 Å². The van der Waals surface area contributed by atoms with Gasteiger partial charge in [0, 0.05) is 17.0 Å². The van der Waals surface area contributed by atoms with Crippen molar-refractivity contribution in [2.45, 2.75) is 25.7 Å². The van der Waals surface area contributed by atoms with Gasteiger partial charge in [0.2, 0.25) is 23.6 Å². The summed E-state index contributed by atoms with van der Waals surface area (Å²) in [5, 5.41) is 9.63. The van der Waals surface area contributed by atoms with Gasteiger partial charge in [-0.25, -0.2) is 4.90 Å². The van der Waals surface area contributed by atoms with Crippen molar-refractivity contribution < 1.29 is 38.5 Å². The van der Waals surface area contributed by atoms with Gasteiger partial charge in [0.15, 0.2) is 0 Å². The minimum Gasteiger partial charge on any atom is -0.497 e. The quantitative estimate of drug-likeness (QED) is 0.109. The highest BCUT2D eigenvalue weighted by atomic mass is 16.5. The molecule has 1 N–H and O–H groups in total. The van der Waals surface area contributed by atoms with Crippen molar-refractivity contribution in [3.8, 4) is 17.2 Å². The summed E-state index contributed by atoms with van der Waals surface area (Å²) in [6, 6.07) is 29.1. The second-order valence-corrected chi connectivity index (χ2v) is 14.7. The Morgan fingerprint density at radius 1 is 0.764 bits per heavy atom. The number of rotatable bonds is 10. The zero-order chi connectivity index (χ0) is 38.4. The highest BCUT2D eigenvalue weighted by Gasteiger charge is 2.68. The summed E-state index contributed by atoms with van der Waals surface area (Å²) < 4.78 is 16.9. The molecule has 4 amide bonds. The van der Waals surface area contributed by atoms with Crippen LogP contribution in [0.4, 0.5) is 11.4 Å². The standard InChI is InChI=1S/C45H42N2O8/c1-45-36(42(50)47(44(45)52)29-9-5-4-6-10-29)26-35-32(40(45)33-11-7-8-12-38(33)55-24-23-48)20-21-34-39(35)43(51)46(41(34)49)30-17-14-27(15-18-30)13-16-28-25-31(53-2)19-22-37(28)54-3/h4-20,22,25,34-36,39-40,48H,21,23-24,26H2,1-3H3/t34-,35+,36-,39-,40+,45+/m0/s1. The lowest BCUT2D eigenvalue weighted by Crippen LogP contribution is -2.49. The minimum atomic E-state index is -1.20. The molecule has 0 radical (unpaired) electrons. The molecule has 4 aliphatic rings. The van der Waals surface area contributed by atoms with Crippen molar-refractivity contribution in [1.82, 2.24) is 0 Å². The number of ether oxygens (including phenoxy) is 3. The predicted molar refractivity (Wildman–Crippen MR) is 207 cm³/mol. The number of carbonyl (C=O) groups excluding carboxylic acids is 4. The maximum atomic E-state index is 14.7. The van der Waals surface area contributed by atoms with Crippen LogP contribution in [-0.4, -0.2) is 56.2 Å². The zero-order valence-corrected chi connectivity index (χ0v) is 30.9. The Labute approximate surface area is 319 Å². The van der Waals surface area contributed by atoms with Crippen molar-refractivity contribution in [2.75, 3.05) is 37.2 Å². The normalized spacial score (nSPS) is 25.8. The highest BCUT2D eigenvalue weighted by molar-refractivity contribution is 6.25. The van der Waals surface area contributed by atoms with Gasteiger partial charge in [0.25, 0.3) is 0 Å². The van der Waals surface area contributed by atoms with Gasteiger partial charge < -0.3 is 19.3 Å². The Bertz CT molecular complexity index is 2230. The fraction of sp³-hybridized carbons (Fsp3) is 0.289. The Kier molecular flexibility index (Phi) is 9.38. The maximum Gasteiger partial charge on any atom is 0.241 e. The summed E-state index contributed by atoms with van der Waals surface area (Å²) in [6.07, 6.45) is 6.43. The smallest absolute Gasteiger partial charge is 0.241 e. The van der Waals surface area contributed by atoms with E-state index in [1.54, 1.807) is 56.7 Å². The van der Waals surface area contributed by atoms with E-state index in [0.717, 1.165) is 16.7 Å². The molecule has 0 spiro atoms. The number of imide groups is 2. The number of para-hydroxylation sites is 2. The molecule has 4 aromatic rings.